The minimum Gasteiger partial charge on any atom is -0.397 e. The zero-order valence-corrected chi connectivity index (χ0v) is 10.9. The number of aromatic nitrogens is 3. The van der Waals surface area contributed by atoms with Crippen molar-refractivity contribution in [3.8, 4) is 0 Å². The SMILES string of the molecule is Nc1cc2c(cc1NCCc1ncn[nH]1)NC(=O)CC2. The number of rotatable bonds is 4. The van der Waals surface area contributed by atoms with Crippen LogP contribution in [0.15, 0.2) is 18.5 Å². The fourth-order valence-electron chi connectivity index (χ4n) is 2.27. The maximum Gasteiger partial charge on any atom is 0.224 e. The zero-order valence-electron chi connectivity index (χ0n) is 10.9. The number of aryl methyl sites for hydroxylation is 1. The Bertz CT molecular complexity index is 622. The Labute approximate surface area is 116 Å². The molecule has 0 spiro atoms. The van der Waals surface area contributed by atoms with E-state index in [0.29, 0.717) is 18.7 Å². The lowest BCUT2D eigenvalue weighted by Crippen LogP contribution is -2.19. The van der Waals surface area contributed by atoms with Crippen molar-refractivity contribution in [3.63, 3.8) is 0 Å². The molecule has 0 saturated carbocycles. The maximum atomic E-state index is 11.4. The number of nitrogens with two attached hydrogens (primary N) is 1. The lowest BCUT2D eigenvalue weighted by atomic mass is 10.0. The highest BCUT2D eigenvalue weighted by Gasteiger charge is 2.16. The van der Waals surface area contributed by atoms with E-state index in [-0.39, 0.29) is 5.91 Å². The number of H-pyrrole nitrogens is 1. The molecule has 2 aromatic rings. The van der Waals surface area contributed by atoms with Gasteiger partial charge in [-0.1, -0.05) is 0 Å². The summed E-state index contributed by atoms with van der Waals surface area (Å²) in [7, 11) is 0. The molecule has 0 aliphatic carbocycles. The molecule has 1 aliphatic heterocycles. The number of carbonyl (C=O) groups is 1. The third-order valence-corrected chi connectivity index (χ3v) is 3.31. The van der Waals surface area contributed by atoms with Crippen LogP contribution in [-0.2, 0) is 17.6 Å². The van der Waals surface area contributed by atoms with Crippen molar-refractivity contribution in [2.24, 2.45) is 0 Å². The largest absolute Gasteiger partial charge is 0.397 e. The van der Waals surface area contributed by atoms with Crippen molar-refractivity contribution in [2.75, 3.05) is 22.9 Å². The van der Waals surface area contributed by atoms with E-state index in [0.717, 1.165) is 35.6 Å². The van der Waals surface area contributed by atoms with E-state index in [1.165, 1.54) is 6.33 Å². The second-order valence-electron chi connectivity index (χ2n) is 4.75. The number of hydrogen-bond acceptors (Lipinski definition) is 5. The smallest absolute Gasteiger partial charge is 0.224 e. The predicted molar refractivity (Wildman–Crippen MR) is 76.4 cm³/mol. The number of amides is 1. The first kappa shape index (κ1) is 12.5. The Morgan fingerprint density at radius 3 is 3.05 bits per heavy atom. The van der Waals surface area contributed by atoms with Crippen LogP contribution in [0.2, 0.25) is 0 Å². The molecule has 20 heavy (non-hydrogen) atoms. The average molecular weight is 272 g/mol. The van der Waals surface area contributed by atoms with Crippen molar-refractivity contribution in [1.29, 1.82) is 0 Å². The van der Waals surface area contributed by atoms with Crippen LogP contribution in [0.1, 0.15) is 17.8 Å². The van der Waals surface area contributed by atoms with E-state index in [2.05, 4.69) is 25.8 Å². The number of anilines is 3. The first-order chi connectivity index (χ1) is 9.72. The van der Waals surface area contributed by atoms with Crippen LogP contribution in [0, 0.1) is 0 Å². The van der Waals surface area contributed by atoms with Gasteiger partial charge in [0.1, 0.15) is 12.2 Å². The van der Waals surface area contributed by atoms with Gasteiger partial charge in [-0.2, -0.15) is 5.10 Å². The number of benzene rings is 1. The summed E-state index contributed by atoms with van der Waals surface area (Å²) < 4.78 is 0. The number of fused-ring (bicyclic) bond motifs is 1. The van der Waals surface area contributed by atoms with Gasteiger partial charge in [0.2, 0.25) is 5.91 Å². The molecule has 0 radical (unpaired) electrons. The van der Waals surface area contributed by atoms with Crippen LogP contribution in [0.5, 0.6) is 0 Å². The summed E-state index contributed by atoms with van der Waals surface area (Å²) in [5.74, 6) is 0.872. The van der Waals surface area contributed by atoms with Gasteiger partial charge in [0.15, 0.2) is 0 Å². The normalized spacial score (nSPS) is 13.7. The monoisotopic (exact) mass is 272 g/mol. The van der Waals surface area contributed by atoms with Gasteiger partial charge in [-0.15, -0.1) is 0 Å². The van der Waals surface area contributed by atoms with Gasteiger partial charge >= 0.3 is 0 Å². The Morgan fingerprint density at radius 1 is 1.35 bits per heavy atom. The van der Waals surface area contributed by atoms with Gasteiger partial charge in [0.05, 0.1) is 11.4 Å². The molecule has 5 N–H and O–H groups in total. The molecule has 1 aromatic carbocycles. The second-order valence-corrected chi connectivity index (χ2v) is 4.75. The van der Waals surface area contributed by atoms with Crippen LogP contribution in [0.4, 0.5) is 17.1 Å². The molecule has 0 bridgehead atoms. The van der Waals surface area contributed by atoms with E-state index in [4.69, 9.17) is 5.73 Å². The molecule has 1 aromatic heterocycles. The van der Waals surface area contributed by atoms with Gasteiger partial charge in [-0.3, -0.25) is 9.89 Å². The fraction of sp³-hybridized carbons (Fsp3) is 0.308. The minimum atomic E-state index is 0.0508. The summed E-state index contributed by atoms with van der Waals surface area (Å²) in [5, 5.41) is 12.7. The third kappa shape index (κ3) is 2.56. The number of nitrogens with zero attached hydrogens (tertiary/aromatic N) is 2. The average Bonchev–Trinajstić information content (AvgIpc) is 2.93. The van der Waals surface area contributed by atoms with Gasteiger partial charge in [0, 0.05) is 25.1 Å². The van der Waals surface area contributed by atoms with Crippen molar-refractivity contribution in [1.82, 2.24) is 15.2 Å². The predicted octanol–water partition coefficient (Wildman–Crippen LogP) is 0.926. The highest BCUT2D eigenvalue weighted by molar-refractivity contribution is 5.95. The summed E-state index contributed by atoms with van der Waals surface area (Å²) >= 11 is 0. The topological polar surface area (TPSA) is 109 Å². The molecule has 0 unspecified atom stereocenters. The van der Waals surface area contributed by atoms with Crippen LogP contribution in [0.3, 0.4) is 0 Å². The first-order valence-corrected chi connectivity index (χ1v) is 6.53. The highest BCUT2D eigenvalue weighted by Crippen LogP contribution is 2.30. The Hall–Kier alpha value is -2.57. The molecular weight excluding hydrogens is 256 g/mol. The highest BCUT2D eigenvalue weighted by atomic mass is 16.1. The molecule has 1 aliphatic rings. The van der Waals surface area contributed by atoms with E-state index in [1.54, 1.807) is 0 Å². The lowest BCUT2D eigenvalue weighted by Gasteiger charge is -2.19. The standard InChI is InChI=1S/C13H16N6O/c14-9-5-8-1-2-13(20)18-10(8)6-11(9)15-4-3-12-16-7-17-19-12/h5-7,15H,1-4,14H2,(H,18,20)(H,16,17,19). The van der Waals surface area contributed by atoms with Crippen molar-refractivity contribution in [3.05, 3.63) is 29.8 Å². The molecule has 0 fully saturated rings. The fourth-order valence-corrected chi connectivity index (χ4v) is 2.27. The van der Waals surface area contributed by atoms with Crippen LogP contribution >= 0.6 is 0 Å². The molecule has 7 nitrogen and oxygen atoms in total. The van der Waals surface area contributed by atoms with Gasteiger partial charge in [-0.05, 0) is 24.1 Å². The Kier molecular flexibility index (Phi) is 3.24. The summed E-state index contributed by atoms with van der Waals surface area (Å²) in [4.78, 5) is 15.5. The van der Waals surface area contributed by atoms with Gasteiger partial charge in [0.25, 0.3) is 0 Å². The molecule has 7 heteroatoms. The second kappa shape index (κ2) is 5.20. The Balaban J connectivity index is 1.69. The van der Waals surface area contributed by atoms with Crippen molar-refractivity contribution in [2.45, 2.75) is 19.3 Å². The number of nitrogens with one attached hydrogen (secondary N) is 3. The van der Waals surface area contributed by atoms with E-state index >= 15 is 0 Å². The molecule has 0 atom stereocenters. The van der Waals surface area contributed by atoms with Crippen LogP contribution < -0.4 is 16.4 Å². The van der Waals surface area contributed by atoms with E-state index < -0.39 is 0 Å². The van der Waals surface area contributed by atoms with Crippen LogP contribution in [-0.4, -0.2) is 27.6 Å². The summed E-state index contributed by atoms with van der Waals surface area (Å²) in [6.07, 6.45) is 3.47. The molecule has 3 rings (SSSR count). The Morgan fingerprint density at radius 2 is 2.25 bits per heavy atom. The molecule has 104 valence electrons. The molecule has 0 saturated heterocycles. The lowest BCUT2D eigenvalue weighted by molar-refractivity contribution is -0.116. The molecule has 2 heterocycles. The van der Waals surface area contributed by atoms with Crippen molar-refractivity contribution >= 4 is 23.0 Å². The zero-order chi connectivity index (χ0) is 13.9. The number of nitrogen functional groups attached to an aromatic ring is 1. The number of carbonyl (C=O) groups excluding carboxylic acids is 1. The van der Waals surface area contributed by atoms with E-state index in [9.17, 15) is 4.79 Å². The molecular formula is C13H16N6O. The number of aromatic amines is 1. The molecule has 1 amide bonds. The van der Waals surface area contributed by atoms with E-state index in [1.807, 2.05) is 12.1 Å². The quantitative estimate of drug-likeness (QED) is 0.619. The van der Waals surface area contributed by atoms with Gasteiger partial charge < -0.3 is 16.4 Å². The first-order valence-electron chi connectivity index (χ1n) is 6.53. The summed E-state index contributed by atoms with van der Waals surface area (Å²) in [6, 6.07) is 3.81. The van der Waals surface area contributed by atoms with Crippen LogP contribution in [0.25, 0.3) is 0 Å². The van der Waals surface area contributed by atoms with Gasteiger partial charge in [-0.25, -0.2) is 4.98 Å². The maximum absolute atomic E-state index is 11.4. The summed E-state index contributed by atoms with van der Waals surface area (Å²) in [5.41, 5.74) is 9.48. The third-order valence-electron chi connectivity index (χ3n) is 3.31. The minimum absolute atomic E-state index is 0.0508. The summed E-state index contributed by atoms with van der Waals surface area (Å²) in [6.45, 7) is 0.687. The number of hydrogen-bond donors (Lipinski definition) is 4. The van der Waals surface area contributed by atoms with Crippen molar-refractivity contribution < 1.29 is 4.79 Å².